The number of amidine groups is 1. The minimum atomic E-state index is -0.330. The zero-order chi connectivity index (χ0) is 20.9. The average Bonchev–Trinajstić information content (AvgIpc) is 3.29. The summed E-state index contributed by atoms with van der Waals surface area (Å²) in [6.07, 6.45) is 6.98. The van der Waals surface area contributed by atoms with Crippen LogP contribution in [-0.4, -0.2) is 22.0 Å². The number of nitrogens with one attached hydrogen (secondary N) is 2. The van der Waals surface area contributed by atoms with Gasteiger partial charge in [0, 0.05) is 23.9 Å². The van der Waals surface area contributed by atoms with Crippen LogP contribution in [0.5, 0.6) is 0 Å². The van der Waals surface area contributed by atoms with Crippen LogP contribution >= 0.6 is 0 Å². The van der Waals surface area contributed by atoms with E-state index in [1.54, 1.807) is 36.7 Å². The molecule has 0 spiro atoms. The fourth-order valence-electron chi connectivity index (χ4n) is 3.77. The number of pyridine rings is 1. The summed E-state index contributed by atoms with van der Waals surface area (Å²) < 4.78 is 5.14. The molecule has 0 saturated heterocycles. The number of hydrogen-bond acceptors (Lipinski definition) is 6. The van der Waals surface area contributed by atoms with Crippen molar-refractivity contribution < 1.29 is 4.52 Å². The number of benzene rings is 1. The minimum Gasteiger partial charge on any atom is -0.383 e. The van der Waals surface area contributed by atoms with Crippen LogP contribution in [0, 0.1) is 17.2 Å². The summed E-state index contributed by atoms with van der Waals surface area (Å²) >= 11 is 0. The van der Waals surface area contributed by atoms with Crippen LogP contribution in [0.25, 0.3) is 11.3 Å². The van der Waals surface area contributed by atoms with Crippen LogP contribution in [0.1, 0.15) is 31.2 Å². The second-order valence-electron chi connectivity index (χ2n) is 7.29. The molecule has 4 N–H and O–H groups in total. The Hall–Kier alpha value is -3.86. The quantitative estimate of drug-likeness (QED) is 0.441. The fourth-order valence-corrected chi connectivity index (χ4v) is 3.77. The number of hydrogen-bond donors (Lipinski definition) is 3. The van der Waals surface area contributed by atoms with Crippen molar-refractivity contribution in [1.29, 1.82) is 5.26 Å². The van der Waals surface area contributed by atoms with Crippen LogP contribution in [0.15, 0.2) is 63.1 Å². The van der Waals surface area contributed by atoms with E-state index in [0.717, 1.165) is 31.2 Å². The van der Waals surface area contributed by atoms with E-state index in [4.69, 9.17) is 10.3 Å². The van der Waals surface area contributed by atoms with E-state index in [0.29, 0.717) is 17.1 Å². The highest BCUT2D eigenvalue weighted by atomic mass is 16.5. The molecule has 4 rings (SSSR count). The Kier molecular flexibility index (Phi) is 5.61. The van der Waals surface area contributed by atoms with E-state index < -0.39 is 0 Å². The molecular weight excluding hydrogens is 380 g/mol. The van der Waals surface area contributed by atoms with Crippen LogP contribution < -0.4 is 16.6 Å². The number of rotatable bonds is 5. The van der Waals surface area contributed by atoms with Gasteiger partial charge in [0.05, 0.1) is 29.6 Å². The maximum absolute atomic E-state index is 12.5. The third-order valence-electron chi connectivity index (χ3n) is 5.33. The van der Waals surface area contributed by atoms with Gasteiger partial charge in [-0.05, 0) is 43.2 Å². The normalized spacial score (nSPS) is 19.2. The van der Waals surface area contributed by atoms with Crippen LogP contribution in [0.4, 0.5) is 11.4 Å². The molecule has 3 aromatic rings. The summed E-state index contributed by atoms with van der Waals surface area (Å²) in [4.78, 5) is 19.6. The number of anilines is 1. The van der Waals surface area contributed by atoms with E-state index in [1.807, 2.05) is 12.1 Å². The Morgan fingerprint density at radius 1 is 1.23 bits per heavy atom. The zero-order valence-corrected chi connectivity index (χ0v) is 16.3. The molecule has 2 aromatic heterocycles. The summed E-state index contributed by atoms with van der Waals surface area (Å²) in [6, 6.07) is 13.2. The van der Waals surface area contributed by atoms with Crippen LogP contribution in [-0.2, 0) is 0 Å². The molecule has 1 aromatic carbocycles. The van der Waals surface area contributed by atoms with Crippen LogP contribution in [0.2, 0.25) is 0 Å². The number of nitrogens with two attached hydrogens (primary N) is 1. The second kappa shape index (κ2) is 8.66. The van der Waals surface area contributed by atoms with E-state index >= 15 is 0 Å². The summed E-state index contributed by atoms with van der Waals surface area (Å²) in [6.45, 7) is 0. The first-order valence-electron chi connectivity index (χ1n) is 9.89. The first-order chi connectivity index (χ1) is 14.7. The molecule has 2 atom stereocenters. The van der Waals surface area contributed by atoms with E-state index in [1.165, 1.54) is 0 Å². The standard InChI is InChI=1S/C22H22N6O2/c23-13-15-3-1-2-4-17(15)28-18-9-11-25-22(29)20(18)21(24)27-16-7-5-14(6-8-16)19-10-12-26-30-19/h5-12,15,17H,1-4H2,(H2,24,27)(H2,25,28,29)/t15?,17-/m0/s1. The third kappa shape index (κ3) is 4.10. The first-order valence-corrected chi connectivity index (χ1v) is 9.89. The van der Waals surface area contributed by atoms with Gasteiger partial charge in [-0.25, -0.2) is 4.99 Å². The van der Waals surface area contributed by atoms with Gasteiger partial charge in [-0.15, -0.1) is 0 Å². The number of nitrogens with zero attached hydrogens (tertiary/aromatic N) is 3. The highest BCUT2D eigenvalue weighted by molar-refractivity contribution is 6.03. The predicted octanol–water partition coefficient (Wildman–Crippen LogP) is 3.56. The smallest absolute Gasteiger partial charge is 0.261 e. The van der Waals surface area contributed by atoms with Gasteiger partial charge in [0.25, 0.3) is 5.56 Å². The predicted molar refractivity (Wildman–Crippen MR) is 114 cm³/mol. The summed E-state index contributed by atoms with van der Waals surface area (Å²) in [5.41, 5.74) is 8.24. The molecule has 0 bridgehead atoms. The maximum Gasteiger partial charge on any atom is 0.261 e. The van der Waals surface area contributed by atoms with Gasteiger partial charge in [-0.1, -0.05) is 18.0 Å². The van der Waals surface area contributed by atoms with Crippen molar-refractivity contribution in [2.75, 3.05) is 5.32 Å². The maximum atomic E-state index is 12.5. The van der Waals surface area contributed by atoms with Crippen LogP contribution in [0.3, 0.4) is 0 Å². The molecule has 0 aliphatic heterocycles. The topological polar surface area (TPSA) is 133 Å². The average molecular weight is 402 g/mol. The lowest BCUT2D eigenvalue weighted by atomic mass is 9.85. The highest BCUT2D eigenvalue weighted by Gasteiger charge is 2.26. The Bertz CT molecular complexity index is 1130. The number of aliphatic imine (C=N–C) groups is 1. The molecule has 152 valence electrons. The molecule has 0 amide bonds. The van der Waals surface area contributed by atoms with Crippen molar-refractivity contribution in [1.82, 2.24) is 10.1 Å². The summed E-state index contributed by atoms with van der Waals surface area (Å²) in [5.74, 6) is 0.674. The van der Waals surface area contributed by atoms with Gasteiger partial charge in [-0.2, -0.15) is 5.26 Å². The molecule has 1 unspecified atom stereocenters. The Balaban J connectivity index is 1.61. The third-order valence-corrected chi connectivity index (χ3v) is 5.33. The SMILES string of the molecule is N#CC1CCCC[C@@H]1Nc1cc[nH]c(=O)c1C(N)=Nc1ccc(-c2ccno2)cc1. The molecule has 2 heterocycles. The highest BCUT2D eigenvalue weighted by Crippen LogP contribution is 2.28. The monoisotopic (exact) mass is 402 g/mol. The lowest BCUT2D eigenvalue weighted by molar-refractivity contribution is 0.388. The van der Waals surface area contributed by atoms with Gasteiger partial charge in [0.15, 0.2) is 5.76 Å². The lowest BCUT2D eigenvalue weighted by Crippen LogP contribution is -2.34. The van der Waals surface area contributed by atoms with Crippen molar-refractivity contribution in [3.05, 3.63) is 64.7 Å². The number of H-pyrrole nitrogens is 1. The van der Waals surface area contributed by atoms with Crippen molar-refractivity contribution >= 4 is 17.2 Å². The van der Waals surface area contributed by atoms with Gasteiger partial charge >= 0.3 is 0 Å². The van der Waals surface area contributed by atoms with Crippen molar-refractivity contribution in [2.45, 2.75) is 31.7 Å². The Morgan fingerprint density at radius 2 is 2.03 bits per heavy atom. The van der Waals surface area contributed by atoms with E-state index in [9.17, 15) is 10.1 Å². The second-order valence-corrected chi connectivity index (χ2v) is 7.29. The van der Waals surface area contributed by atoms with Gasteiger partial charge < -0.3 is 20.6 Å². The Morgan fingerprint density at radius 3 is 2.77 bits per heavy atom. The molecule has 1 saturated carbocycles. The van der Waals surface area contributed by atoms with Crippen molar-refractivity contribution in [3.8, 4) is 17.4 Å². The minimum absolute atomic E-state index is 0.0155. The summed E-state index contributed by atoms with van der Waals surface area (Å²) in [7, 11) is 0. The summed E-state index contributed by atoms with van der Waals surface area (Å²) in [5, 5.41) is 16.5. The fraction of sp³-hybridized carbons (Fsp3) is 0.273. The molecule has 1 aliphatic rings. The molecule has 1 aliphatic carbocycles. The van der Waals surface area contributed by atoms with Gasteiger partial charge in [0.1, 0.15) is 11.4 Å². The molecule has 8 nitrogen and oxygen atoms in total. The molecule has 0 radical (unpaired) electrons. The van der Waals surface area contributed by atoms with Crippen molar-refractivity contribution in [2.24, 2.45) is 16.6 Å². The lowest BCUT2D eigenvalue weighted by Gasteiger charge is -2.29. The zero-order valence-electron chi connectivity index (χ0n) is 16.3. The van der Waals surface area contributed by atoms with Gasteiger partial charge in [0.2, 0.25) is 0 Å². The largest absolute Gasteiger partial charge is 0.383 e. The van der Waals surface area contributed by atoms with Gasteiger partial charge in [-0.3, -0.25) is 4.79 Å². The van der Waals surface area contributed by atoms with E-state index in [-0.39, 0.29) is 28.9 Å². The molecule has 8 heteroatoms. The number of aromatic nitrogens is 2. The molecule has 1 fully saturated rings. The van der Waals surface area contributed by atoms with Crippen molar-refractivity contribution in [3.63, 3.8) is 0 Å². The molecule has 30 heavy (non-hydrogen) atoms. The molecular formula is C22H22N6O2. The Labute approximate surface area is 173 Å². The van der Waals surface area contributed by atoms with E-state index in [2.05, 4.69) is 26.5 Å². The number of aromatic amines is 1. The first kappa shape index (κ1) is 19.5. The number of nitriles is 1.